The van der Waals surface area contributed by atoms with Crippen LogP contribution in [0.4, 0.5) is 8.78 Å². The molecule has 2 aromatic rings. The molecule has 0 bridgehead atoms. The zero-order valence-electron chi connectivity index (χ0n) is 13.8. The van der Waals surface area contributed by atoms with Crippen LogP contribution in [0.5, 0.6) is 0 Å². The van der Waals surface area contributed by atoms with Crippen LogP contribution in [0.2, 0.25) is 0 Å². The van der Waals surface area contributed by atoms with Crippen LogP contribution in [-0.4, -0.2) is 24.6 Å². The van der Waals surface area contributed by atoms with E-state index in [0.717, 1.165) is 5.56 Å². The fourth-order valence-corrected chi connectivity index (χ4v) is 3.08. The van der Waals surface area contributed by atoms with Gasteiger partial charge >= 0.3 is 0 Å². The first-order valence-electron chi connectivity index (χ1n) is 7.80. The first kappa shape index (κ1) is 18.9. The van der Waals surface area contributed by atoms with Crippen molar-refractivity contribution in [2.45, 2.75) is 18.3 Å². The summed E-state index contributed by atoms with van der Waals surface area (Å²) < 4.78 is 31.7. The fourth-order valence-electron chi connectivity index (χ4n) is 2.42. The molecule has 0 amide bonds. The Balaban J connectivity index is 1.85. The molecule has 0 aromatic heterocycles. The van der Waals surface area contributed by atoms with Crippen molar-refractivity contribution in [2.24, 2.45) is 5.92 Å². The topological polar surface area (TPSA) is 29.5 Å². The van der Waals surface area contributed by atoms with Gasteiger partial charge in [0.1, 0.15) is 11.6 Å². The first-order chi connectivity index (χ1) is 11.5. The van der Waals surface area contributed by atoms with E-state index in [0.29, 0.717) is 18.8 Å². The van der Waals surface area contributed by atoms with Crippen LogP contribution in [-0.2, 0) is 4.74 Å². The highest BCUT2D eigenvalue weighted by Crippen LogP contribution is 2.28. The minimum Gasteiger partial charge on any atom is -0.388 e. The minimum atomic E-state index is -0.704. The van der Waals surface area contributed by atoms with Gasteiger partial charge in [-0.25, -0.2) is 8.78 Å². The van der Waals surface area contributed by atoms with Gasteiger partial charge in [-0.2, -0.15) is 11.8 Å². The molecule has 0 spiro atoms. The largest absolute Gasteiger partial charge is 0.388 e. The van der Waals surface area contributed by atoms with Gasteiger partial charge in [0.25, 0.3) is 0 Å². The average Bonchev–Trinajstić information content (AvgIpc) is 2.59. The number of hydrogen-bond donors (Lipinski definition) is 1. The Morgan fingerprint density at radius 3 is 1.92 bits per heavy atom. The van der Waals surface area contributed by atoms with Crippen LogP contribution in [0.25, 0.3) is 0 Å². The second-order valence-corrected chi connectivity index (χ2v) is 6.83. The maximum atomic E-state index is 13.0. The van der Waals surface area contributed by atoms with E-state index >= 15 is 0 Å². The maximum absolute atomic E-state index is 13.0. The normalized spacial score (nSPS) is 15.0. The average molecular weight is 352 g/mol. The molecule has 0 radical (unpaired) electrons. The molecule has 3 atom stereocenters. The Kier molecular flexibility index (Phi) is 7.21. The summed E-state index contributed by atoms with van der Waals surface area (Å²) in [5.41, 5.74) is 1.68. The van der Waals surface area contributed by atoms with E-state index in [4.69, 9.17) is 4.74 Å². The number of benzene rings is 2. The quantitative estimate of drug-likeness (QED) is 0.743. The summed E-state index contributed by atoms with van der Waals surface area (Å²) in [6.45, 7) is 2.75. The molecule has 0 saturated heterocycles. The van der Waals surface area contributed by atoms with Crippen molar-refractivity contribution in [3.8, 4) is 0 Å². The lowest BCUT2D eigenvalue weighted by molar-refractivity contribution is 0.0355. The molecule has 0 heterocycles. The zero-order chi connectivity index (χ0) is 17.5. The van der Waals surface area contributed by atoms with Crippen molar-refractivity contribution in [1.82, 2.24) is 0 Å². The molecule has 0 saturated carbocycles. The molecule has 2 rings (SSSR count). The van der Waals surface area contributed by atoms with Crippen LogP contribution >= 0.6 is 11.8 Å². The summed E-state index contributed by atoms with van der Waals surface area (Å²) in [6, 6.07) is 12.3. The summed E-state index contributed by atoms with van der Waals surface area (Å²) in [7, 11) is 0. The number of halogens is 2. The summed E-state index contributed by atoms with van der Waals surface area (Å²) in [4.78, 5) is 0. The number of hydrogen-bond acceptors (Lipinski definition) is 3. The van der Waals surface area contributed by atoms with Crippen molar-refractivity contribution < 1.29 is 18.6 Å². The Morgan fingerprint density at radius 2 is 1.42 bits per heavy atom. The van der Waals surface area contributed by atoms with Gasteiger partial charge in [0.05, 0.1) is 24.6 Å². The van der Waals surface area contributed by atoms with Crippen LogP contribution in [0.15, 0.2) is 48.5 Å². The van der Waals surface area contributed by atoms with Crippen LogP contribution < -0.4 is 0 Å². The van der Waals surface area contributed by atoms with Crippen molar-refractivity contribution >= 4 is 11.8 Å². The smallest absolute Gasteiger partial charge is 0.123 e. The molecule has 1 N–H and O–H groups in total. The number of aliphatic hydroxyl groups excluding tert-OH is 1. The van der Waals surface area contributed by atoms with E-state index in [2.05, 4.69) is 0 Å². The summed E-state index contributed by atoms with van der Waals surface area (Å²) in [5.74, 6) is -0.696. The standard InChI is InChI=1S/C19H22F2O2S/c1-13(19(22)15-5-9-17(21)10-6-15)11-23-12-18(24-2)14-3-7-16(20)8-4-14/h3-10,13,18-19,22H,11-12H2,1-2H3. The van der Waals surface area contributed by atoms with Gasteiger partial charge in [0.2, 0.25) is 0 Å². The molecule has 5 heteroatoms. The molecule has 2 nitrogen and oxygen atoms in total. The van der Waals surface area contributed by atoms with Gasteiger partial charge in [0, 0.05) is 5.92 Å². The van der Waals surface area contributed by atoms with Crippen molar-refractivity contribution in [2.75, 3.05) is 19.5 Å². The first-order valence-corrected chi connectivity index (χ1v) is 9.09. The number of rotatable bonds is 8. The summed E-state index contributed by atoms with van der Waals surface area (Å²) >= 11 is 1.64. The lowest BCUT2D eigenvalue weighted by Gasteiger charge is -2.21. The molecule has 2 aromatic carbocycles. The highest BCUT2D eigenvalue weighted by Gasteiger charge is 2.18. The predicted octanol–water partition coefficient (Wildman–Crippen LogP) is 4.76. The van der Waals surface area contributed by atoms with Crippen LogP contribution in [0.1, 0.15) is 29.4 Å². The third-order valence-corrected chi connectivity index (χ3v) is 4.90. The summed E-state index contributed by atoms with van der Waals surface area (Å²) in [5, 5.41) is 10.4. The van der Waals surface area contributed by atoms with Crippen LogP contribution in [0, 0.1) is 17.6 Å². The molecule has 3 unspecified atom stereocenters. The van der Waals surface area contributed by atoms with E-state index in [1.807, 2.05) is 13.2 Å². The highest BCUT2D eigenvalue weighted by atomic mass is 32.2. The molecule has 0 aliphatic rings. The van der Waals surface area contributed by atoms with Gasteiger partial charge < -0.3 is 9.84 Å². The third-order valence-electron chi connectivity index (χ3n) is 3.93. The fraction of sp³-hybridized carbons (Fsp3) is 0.368. The minimum absolute atomic E-state index is 0.112. The second-order valence-electron chi connectivity index (χ2n) is 5.79. The number of ether oxygens (including phenoxy) is 1. The SMILES string of the molecule is CSC(COCC(C)C(O)c1ccc(F)cc1)c1ccc(F)cc1. The van der Waals surface area contributed by atoms with E-state index < -0.39 is 6.10 Å². The molecule has 0 fully saturated rings. The van der Waals surface area contributed by atoms with E-state index in [1.54, 1.807) is 36.0 Å². The number of aliphatic hydroxyl groups is 1. The monoisotopic (exact) mass is 352 g/mol. The predicted molar refractivity (Wildman–Crippen MR) is 94.0 cm³/mol. The Labute approximate surface area is 145 Å². The van der Waals surface area contributed by atoms with E-state index in [9.17, 15) is 13.9 Å². The third kappa shape index (κ3) is 5.30. The van der Waals surface area contributed by atoms with Crippen molar-refractivity contribution in [3.05, 3.63) is 71.3 Å². The van der Waals surface area contributed by atoms with E-state index in [-0.39, 0.29) is 22.8 Å². The van der Waals surface area contributed by atoms with Gasteiger partial charge in [-0.1, -0.05) is 31.2 Å². The zero-order valence-corrected chi connectivity index (χ0v) is 14.6. The maximum Gasteiger partial charge on any atom is 0.123 e. The lowest BCUT2D eigenvalue weighted by Crippen LogP contribution is -2.17. The van der Waals surface area contributed by atoms with Gasteiger partial charge in [-0.15, -0.1) is 0 Å². The molecule has 0 aliphatic heterocycles. The van der Waals surface area contributed by atoms with Gasteiger partial charge in [0.15, 0.2) is 0 Å². The molecule has 130 valence electrons. The lowest BCUT2D eigenvalue weighted by atomic mass is 9.98. The highest BCUT2D eigenvalue weighted by molar-refractivity contribution is 7.98. The van der Waals surface area contributed by atoms with Crippen LogP contribution in [0.3, 0.4) is 0 Å². The molecule has 24 heavy (non-hydrogen) atoms. The second kappa shape index (κ2) is 9.16. The molecule has 0 aliphatic carbocycles. The molecular formula is C19H22F2O2S. The van der Waals surface area contributed by atoms with Gasteiger partial charge in [-0.05, 0) is 41.6 Å². The van der Waals surface area contributed by atoms with Crippen molar-refractivity contribution in [3.63, 3.8) is 0 Å². The number of thioether (sulfide) groups is 1. The molecular weight excluding hydrogens is 330 g/mol. The Bertz CT molecular complexity index is 616. The summed E-state index contributed by atoms with van der Waals surface area (Å²) in [6.07, 6.45) is 1.28. The Hall–Kier alpha value is -1.43. The van der Waals surface area contributed by atoms with E-state index in [1.165, 1.54) is 24.3 Å². The van der Waals surface area contributed by atoms with Crippen molar-refractivity contribution in [1.29, 1.82) is 0 Å². The Morgan fingerprint density at radius 1 is 0.917 bits per heavy atom. The van der Waals surface area contributed by atoms with Gasteiger partial charge in [-0.3, -0.25) is 0 Å².